The van der Waals surface area contributed by atoms with Gasteiger partial charge in [-0.2, -0.15) is 0 Å². The summed E-state index contributed by atoms with van der Waals surface area (Å²) in [5.74, 6) is 0.00975. The van der Waals surface area contributed by atoms with Crippen LogP contribution in [-0.4, -0.2) is 79.0 Å². The number of hydrogen-bond donors (Lipinski definition) is 1. The second-order valence-corrected chi connectivity index (χ2v) is 17.0. The zero-order chi connectivity index (χ0) is 41.0. The Morgan fingerprint density at radius 2 is 0.821 bits per heavy atom. The van der Waals surface area contributed by atoms with E-state index in [0.717, 1.165) is 123 Å². The van der Waals surface area contributed by atoms with Gasteiger partial charge >= 0.3 is 12.1 Å². The lowest BCUT2D eigenvalue weighted by molar-refractivity contribution is -0.150. The first-order chi connectivity index (χ1) is 27.5. The second kappa shape index (κ2) is 44.8. The van der Waals surface area contributed by atoms with Crippen molar-refractivity contribution in [1.82, 2.24) is 9.80 Å². The Hall–Kier alpha value is -1.34. The summed E-state index contributed by atoms with van der Waals surface area (Å²) in [4.78, 5) is 30.3. The van der Waals surface area contributed by atoms with E-state index in [1.807, 2.05) is 4.90 Å². The van der Waals surface area contributed by atoms with Crippen LogP contribution in [0.5, 0.6) is 0 Å². The molecular formula is C49H98N2O5. The summed E-state index contributed by atoms with van der Waals surface area (Å²) < 4.78 is 11.8. The summed E-state index contributed by atoms with van der Waals surface area (Å²) in [6.45, 7) is 14.7. The normalized spacial score (nSPS) is 12.0. The number of aliphatic hydroxyl groups excluding tert-OH is 1. The van der Waals surface area contributed by atoms with E-state index in [-0.39, 0.29) is 24.8 Å². The molecule has 0 aromatic rings. The minimum atomic E-state index is -0.107. The van der Waals surface area contributed by atoms with Gasteiger partial charge in [-0.3, -0.25) is 4.79 Å². The summed E-state index contributed by atoms with van der Waals surface area (Å²) in [5.41, 5.74) is 0. The van der Waals surface area contributed by atoms with E-state index < -0.39 is 0 Å². The van der Waals surface area contributed by atoms with Crippen molar-refractivity contribution in [1.29, 1.82) is 0 Å². The average molecular weight is 795 g/mol. The van der Waals surface area contributed by atoms with Gasteiger partial charge in [-0.05, 0) is 96.7 Å². The van der Waals surface area contributed by atoms with Gasteiger partial charge in [-0.1, -0.05) is 169 Å². The molecule has 7 heteroatoms. The average Bonchev–Trinajstić information content (AvgIpc) is 3.19. The number of amides is 1. The minimum Gasteiger partial charge on any atom is -0.462 e. The molecule has 0 radical (unpaired) electrons. The first kappa shape index (κ1) is 54.7. The first-order valence-corrected chi connectivity index (χ1v) is 25.0. The zero-order valence-corrected chi connectivity index (χ0v) is 38.3. The van der Waals surface area contributed by atoms with Crippen molar-refractivity contribution < 1.29 is 24.2 Å². The lowest BCUT2D eigenvalue weighted by Crippen LogP contribution is -2.33. The van der Waals surface area contributed by atoms with Crippen molar-refractivity contribution in [3.63, 3.8) is 0 Å². The molecule has 0 fully saturated rings. The highest BCUT2D eigenvalue weighted by molar-refractivity contribution is 5.69. The number of esters is 1. The van der Waals surface area contributed by atoms with Crippen LogP contribution in [0.2, 0.25) is 0 Å². The van der Waals surface area contributed by atoms with Crippen LogP contribution in [0.1, 0.15) is 252 Å². The molecule has 0 aromatic carbocycles. The maximum absolute atomic E-state index is 13.0. The first-order valence-electron chi connectivity index (χ1n) is 25.0. The van der Waals surface area contributed by atoms with Crippen molar-refractivity contribution in [2.45, 2.75) is 259 Å². The van der Waals surface area contributed by atoms with Crippen LogP contribution in [0.3, 0.4) is 0 Å². The van der Waals surface area contributed by atoms with E-state index in [9.17, 15) is 14.7 Å². The molecular weight excluding hydrogens is 697 g/mol. The molecule has 0 aliphatic rings. The Labute approximate surface area is 349 Å². The summed E-state index contributed by atoms with van der Waals surface area (Å²) in [6.07, 6.45) is 40.6. The number of nitrogens with zero attached hydrogens (tertiary/aromatic N) is 2. The van der Waals surface area contributed by atoms with Crippen LogP contribution < -0.4 is 0 Å². The van der Waals surface area contributed by atoms with Crippen molar-refractivity contribution in [2.24, 2.45) is 0 Å². The van der Waals surface area contributed by atoms with E-state index in [1.54, 1.807) is 0 Å². The fourth-order valence-electron chi connectivity index (χ4n) is 7.70. The largest absolute Gasteiger partial charge is 0.462 e. The van der Waals surface area contributed by atoms with Gasteiger partial charge in [0.15, 0.2) is 0 Å². The molecule has 56 heavy (non-hydrogen) atoms. The molecule has 0 aliphatic heterocycles. The van der Waals surface area contributed by atoms with E-state index in [2.05, 4.69) is 32.6 Å². The third kappa shape index (κ3) is 38.2. The number of carbonyl (C=O) groups excluding carboxylic acids is 2. The monoisotopic (exact) mass is 795 g/mol. The fourth-order valence-corrected chi connectivity index (χ4v) is 7.70. The highest BCUT2D eigenvalue weighted by Crippen LogP contribution is 2.18. The number of aliphatic hydroxyl groups is 1. The van der Waals surface area contributed by atoms with Gasteiger partial charge < -0.3 is 24.4 Å². The molecule has 0 aliphatic carbocycles. The molecule has 0 rings (SSSR count). The van der Waals surface area contributed by atoms with Crippen LogP contribution >= 0.6 is 0 Å². The maximum atomic E-state index is 13.0. The standard InChI is InChI=1S/C49H98N2O5/c1-5-9-13-17-20-28-38-47(37-27-16-12-8-4)56-48(53)39-29-21-24-30-40-50(42-34-35-45-52)41-31-25-26-36-46-55-49(54)51(43-32-22-18-14-10-6-2)44-33-23-19-15-11-7-3/h47,52H,5-46H2,1-4H3. The van der Waals surface area contributed by atoms with E-state index in [1.165, 1.54) is 128 Å². The third-order valence-corrected chi connectivity index (χ3v) is 11.5. The quantitative estimate of drug-likeness (QED) is 0.0488. The second-order valence-electron chi connectivity index (χ2n) is 17.0. The topological polar surface area (TPSA) is 79.3 Å². The van der Waals surface area contributed by atoms with Crippen molar-refractivity contribution in [3.8, 4) is 0 Å². The molecule has 1 N–H and O–H groups in total. The summed E-state index contributed by atoms with van der Waals surface area (Å²) in [5, 5.41) is 9.34. The number of rotatable bonds is 45. The van der Waals surface area contributed by atoms with E-state index >= 15 is 0 Å². The van der Waals surface area contributed by atoms with Crippen LogP contribution in [0.4, 0.5) is 4.79 Å². The highest BCUT2D eigenvalue weighted by atomic mass is 16.6. The molecule has 1 amide bonds. The smallest absolute Gasteiger partial charge is 0.409 e. The SMILES string of the molecule is CCCCCCCCC(CCCCCC)OC(=O)CCCCCCN(CCCCO)CCCCCCOC(=O)N(CCCCCCCC)CCCCCCCC. The third-order valence-electron chi connectivity index (χ3n) is 11.5. The van der Waals surface area contributed by atoms with Gasteiger partial charge in [0, 0.05) is 26.1 Å². The fraction of sp³-hybridized carbons (Fsp3) is 0.959. The lowest BCUT2D eigenvalue weighted by atomic mass is 10.0. The number of hydrogen-bond acceptors (Lipinski definition) is 6. The maximum Gasteiger partial charge on any atom is 0.409 e. The zero-order valence-electron chi connectivity index (χ0n) is 38.3. The molecule has 0 spiro atoms. The molecule has 0 aromatic heterocycles. The van der Waals surface area contributed by atoms with Gasteiger partial charge in [0.25, 0.3) is 0 Å². The molecule has 0 bridgehead atoms. The molecule has 7 nitrogen and oxygen atoms in total. The Kier molecular flexibility index (Phi) is 43.7. The highest BCUT2D eigenvalue weighted by Gasteiger charge is 2.16. The van der Waals surface area contributed by atoms with Crippen molar-refractivity contribution >= 4 is 12.1 Å². The van der Waals surface area contributed by atoms with Gasteiger partial charge in [0.1, 0.15) is 6.10 Å². The molecule has 1 atom stereocenters. The Morgan fingerprint density at radius 1 is 0.446 bits per heavy atom. The van der Waals surface area contributed by atoms with Gasteiger partial charge in [-0.15, -0.1) is 0 Å². The Balaban J connectivity index is 4.41. The number of unbranched alkanes of at least 4 members (excludes halogenated alkanes) is 25. The number of ether oxygens (including phenoxy) is 2. The van der Waals surface area contributed by atoms with Gasteiger partial charge in [-0.25, -0.2) is 4.79 Å². The van der Waals surface area contributed by atoms with Crippen molar-refractivity contribution in [2.75, 3.05) is 45.9 Å². The molecule has 1 unspecified atom stereocenters. The predicted octanol–water partition coefficient (Wildman–Crippen LogP) is 14.4. The summed E-state index contributed by atoms with van der Waals surface area (Å²) in [6, 6.07) is 0. The van der Waals surface area contributed by atoms with Crippen LogP contribution in [0.15, 0.2) is 0 Å². The molecule has 334 valence electrons. The Morgan fingerprint density at radius 3 is 1.30 bits per heavy atom. The molecule has 0 saturated carbocycles. The Bertz CT molecular complexity index is 795. The minimum absolute atomic E-state index is 0.00975. The lowest BCUT2D eigenvalue weighted by Gasteiger charge is -2.23. The van der Waals surface area contributed by atoms with Gasteiger partial charge in [0.05, 0.1) is 6.61 Å². The van der Waals surface area contributed by atoms with Crippen LogP contribution in [-0.2, 0) is 14.3 Å². The van der Waals surface area contributed by atoms with Crippen LogP contribution in [0, 0.1) is 0 Å². The van der Waals surface area contributed by atoms with E-state index in [4.69, 9.17) is 9.47 Å². The van der Waals surface area contributed by atoms with E-state index in [0.29, 0.717) is 13.0 Å². The summed E-state index contributed by atoms with van der Waals surface area (Å²) in [7, 11) is 0. The predicted molar refractivity (Wildman–Crippen MR) is 241 cm³/mol. The van der Waals surface area contributed by atoms with Gasteiger partial charge in [0.2, 0.25) is 0 Å². The molecule has 0 saturated heterocycles. The van der Waals surface area contributed by atoms with Crippen molar-refractivity contribution in [3.05, 3.63) is 0 Å². The molecule has 0 heterocycles. The van der Waals surface area contributed by atoms with Crippen LogP contribution in [0.25, 0.3) is 0 Å². The number of carbonyl (C=O) groups is 2. The summed E-state index contributed by atoms with van der Waals surface area (Å²) >= 11 is 0.